The van der Waals surface area contributed by atoms with Crippen molar-refractivity contribution in [1.82, 2.24) is 5.32 Å². The van der Waals surface area contributed by atoms with Crippen molar-refractivity contribution in [2.24, 2.45) is 0 Å². The minimum atomic E-state index is -0.453. The van der Waals surface area contributed by atoms with E-state index < -0.39 is 6.09 Å². The van der Waals surface area contributed by atoms with Gasteiger partial charge in [0, 0.05) is 24.9 Å². The van der Waals surface area contributed by atoms with Crippen LogP contribution < -0.4 is 10.0 Å². The Morgan fingerprint density at radius 1 is 1.03 bits per heavy atom. The van der Waals surface area contributed by atoms with Crippen LogP contribution in [-0.4, -0.2) is 19.2 Å². The van der Waals surface area contributed by atoms with E-state index in [1.165, 1.54) is 34.6 Å². The lowest BCUT2D eigenvalue weighted by Crippen LogP contribution is -2.26. The van der Waals surface area contributed by atoms with Crippen LogP contribution in [0.25, 0.3) is 11.1 Å². The fourth-order valence-electron chi connectivity index (χ4n) is 3.57. The molecular weight excluding hydrogens is 364 g/mol. The number of pyridine rings is 1. The lowest BCUT2D eigenvalue weighted by molar-refractivity contribution is -0.605. The summed E-state index contributed by atoms with van der Waals surface area (Å²) >= 11 is 0. The van der Waals surface area contributed by atoms with E-state index in [2.05, 4.69) is 41.4 Å². The normalized spacial score (nSPS) is 11.7. The van der Waals surface area contributed by atoms with Crippen LogP contribution >= 0.6 is 0 Å². The van der Waals surface area contributed by atoms with E-state index in [1.807, 2.05) is 24.3 Å². The second-order valence-corrected chi connectivity index (χ2v) is 6.76. The summed E-state index contributed by atoms with van der Waals surface area (Å²) in [5, 5.41) is 13.9. The molecule has 5 nitrogen and oxygen atoms in total. The highest BCUT2D eigenvalue weighted by molar-refractivity contribution is 5.79. The number of aromatic nitrogens is 1. The minimum Gasteiger partial charge on any atom is -0.619 e. The average Bonchev–Trinajstić information content (AvgIpc) is 3.06. The van der Waals surface area contributed by atoms with Crippen molar-refractivity contribution in [2.75, 3.05) is 13.2 Å². The number of hydrogen-bond donors (Lipinski definition) is 1. The predicted octanol–water partition coefficient (Wildman–Crippen LogP) is 3.60. The third-order valence-electron chi connectivity index (χ3n) is 4.87. The largest absolute Gasteiger partial charge is 0.619 e. The molecule has 1 N–H and O–H groups in total. The van der Waals surface area contributed by atoms with Crippen LogP contribution in [-0.2, 0) is 4.74 Å². The summed E-state index contributed by atoms with van der Waals surface area (Å²) in [6, 6.07) is 19.9. The molecule has 0 aliphatic heterocycles. The van der Waals surface area contributed by atoms with Crippen LogP contribution in [0.5, 0.6) is 0 Å². The Bertz CT molecular complexity index is 1050. The zero-order chi connectivity index (χ0) is 20.1. The molecule has 0 saturated heterocycles. The van der Waals surface area contributed by atoms with E-state index in [0.717, 1.165) is 0 Å². The second kappa shape index (κ2) is 8.49. The van der Waals surface area contributed by atoms with Gasteiger partial charge < -0.3 is 15.3 Å². The number of benzene rings is 2. The van der Waals surface area contributed by atoms with Gasteiger partial charge in [-0.15, -0.1) is 0 Å². The van der Waals surface area contributed by atoms with Crippen molar-refractivity contribution < 1.29 is 14.3 Å². The van der Waals surface area contributed by atoms with E-state index in [0.29, 0.717) is 29.9 Å². The molecule has 0 unspecified atom stereocenters. The van der Waals surface area contributed by atoms with Gasteiger partial charge in [-0.3, -0.25) is 0 Å². The van der Waals surface area contributed by atoms with E-state index in [1.54, 1.807) is 12.1 Å². The fraction of sp³-hybridized carbons (Fsp3) is 0.167. The lowest BCUT2D eigenvalue weighted by atomic mass is 9.98. The first-order valence-electron chi connectivity index (χ1n) is 9.49. The molecule has 1 aliphatic rings. The van der Waals surface area contributed by atoms with Gasteiger partial charge in [0.15, 0.2) is 12.4 Å². The molecule has 3 aromatic rings. The summed E-state index contributed by atoms with van der Waals surface area (Å²) in [4.78, 5) is 12.1. The van der Waals surface area contributed by atoms with E-state index >= 15 is 0 Å². The monoisotopic (exact) mass is 384 g/mol. The summed E-state index contributed by atoms with van der Waals surface area (Å²) in [5.41, 5.74) is 5.42. The van der Waals surface area contributed by atoms with Gasteiger partial charge in [0.25, 0.3) is 0 Å². The number of ether oxygens (including phenoxy) is 1. The summed E-state index contributed by atoms with van der Waals surface area (Å²) in [6.07, 6.45) is 2.83. The average molecular weight is 384 g/mol. The first-order valence-corrected chi connectivity index (χ1v) is 9.49. The molecule has 2 aromatic carbocycles. The molecule has 0 bridgehead atoms. The van der Waals surface area contributed by atoms with Crippen LogP contribution in [0.4, 0.5) is 4.79 Å². The van der Waals surface area contributed by atoms with E-state index in [-0.39, 0.29) is 5.92 Å². The van der Waals surface area contributed by atoms with Crippen molar-refractivity contribution in [3.05, 3.63) is 95.0 Å². The number of fused-ring (bicyclic) bond motifs is 3. The van der Waals surface area contributed by atoms with Gasteiger partial charge in [-0.05, 0) is 28.3 Å². The molecule has 1 heterocycles. The van der Waals surface area contributed by atoms with Crippen molar-refractivity contribution in [2.45, 2.75) is 12.3 Å². The molecule has 0 spiro atoms. The minimum absolute atomic E-state index is 0.0461. The third-order valence-corrected chi connectivity index (χ3v) is 4.87. The molecule has 5 heteroatoms. The predicted molar refractivity (Wildman–Crippen MR) is 110 cm³/mol. The van der Waals surface area contributed by atoms with Crippen molar-refractivity contribution in [1.29, 1.82) is 0 Å². The van der Waals surface area contributed by atoms with Gasteiger partial charge in [-0.2, -0.15) is 4.73 Å². The maximum absolute atomic E-state index is 12.1. The molecule has 144 valence electrons. The number of nitrogens with one attached hydrogen (secondary N) is 1. The van der Waals surface area contributed by atoms with Crippen LogP contribution in [0, 0.1) is 17.0 Å². The Labute approximate surface area is 169 Å². The van der Waals surface area contributed by atoms with Crippen LogP contribution in [0.3, 0.4) is 0 Å². The number of nitrogens with zero attached hydrogens (tertiary/aromatic N) is 1. The quantitative estimate of drug-likeness (QED) is 0.324. The number of hydrogen-bond acceptors (Lipinski definition) is 3. The molecular formula is C24H20N2O3. The van der Waals surface area contributed by atoms with Crippen molar-refractivity contribution in [3.63, 3.8) is 0 Å². The van der Waals surface area contributed by atoms with Crippen LogP contribution in [0.2, 0.25) is 0 Å². The van der Waals surface area contributed by atoms with Crippen LogP contribution in [0.1, 0.15) is 29.0 Å². The van der Waals surface area contributed by atoms with Crippen molar-refractivity contribution in [3.8, 4) is 23.0 Å². The number of alkyl carbamates (subject to hydrolysis) is 1. The maximum atomic E-state index is 12.1. The van der Waals surface area contributed by atoms with Gasteiger partial charge in [0.2, 0.25) is 0 Å². The molecule has 4 rings (SSSR count). The van der Waals surface area contributed by atoms with Gasteiger partial charge in [0.1, 0.15) is 6.61 Å². The lowest BCUT2D eigenvalue weighted by Gasteiger charge is -2.14. The van der Waals surface area contributed by atoms with Gasteiger partial charge >= 0.3 is 6.09 Å². The first-order chi connectivity index (χ1) is 14.2. The molecule has 1 aromatic heterocycles. The van der Waals surface area contributed by atoms with Crippen molar-refractivity contribution >= 4 is 6.09 Å². The van der Waals surface area contributed by atoms with Gasteiger partial charge in [-0.1, -0.05) is 60.4 Å². The van der Waals surface area contributed by atoms with E-state index in [4.69, 9.17) is 4.74 Å². The number of carbonyl (C=O) groups excluding carboxylic acids is 1. The summed E-state index contributed by atoms with van der Waals surface area (Å²) in [5.74, 6) is 5.88. The maximum Gasteiger partial charge on any atom is 0.407 e. The SMILES string of the molecule is O=C(NCCC#Cc1ccc[n+]([O-])c1)OCC1c2ccccc2-c2ccccc21. The fourth-order valence-corrected chi connectivity index (χ4v) is 3.57. The Kier molecular flexibility index (Phi) is 5.44. The highest BCUT2D eigenvalue weighted by atomic mass is 16.5. The van der Waals surface area contributed by atoms with E-state index in [9.17, 15) is 10.0 Å². The Morgan fingerprint density at radius 3 is 2.41 bits per heavy atom. The second-order valence-electron chi connectivity index (χ2n) is 6.76. The molecule has 1 amide bonds. The molecule has 29 heavy (non-hydrogen) atoms. The van der Waals surface area contributed by atoms with Gasteiger partial charge in [0.05, 0.1) is 5.56 Å². The molecule has 0 radical (unpaired) electrons. The number of rotatable bonds is 4. The molecule has 0 fully saturated rings. The summed E-state index contributed by atoms with van der Waals surface area (Å²) in [6.45, 7) is 0.674. The summed E-state index contributed by atoms with van der Waals surface area (Å²) in [7, 11) is 0. The Hall–Kier alpha value is -3.78. The molecule has 0 atom stereocenters. The third kappa shape index (κ3) is 4.22. The molecule has 1 aliphatic carbocycles. The molecule has 0 saturated carbocycles. The number of amides is 1. The Balaban J connectivity index is 1.29. The number of carbonyl (C=O) groups is 1. The van der Waals surface area contributed by atoms with Crippen LogP contribution in [0.15, 0.2) is 73.1 Å². The highest BCUT2D eigenvalue weighted by Gasteiger charge is 2.28. The Morgan fingerprint density at radius 2 is 1.72 bits per heavy atom. The zero-order valence-corrected chi connectivity index (χ0v) is 15.8. The topological polar surface area (TPSA) is 65.3 Å². The smallest absolute Gasteiger partial charge is 0.407 e. The first kappa shape index (κ1) is 18.6. The standard InChI is InChI=1S/C24H20N2O3/c27-24(25-14-6-5-8-18-9-7-15-26(28)16-18)29-17-23-21-12-3-1-10-19(21)20-11-2-4-13-22(20)23/h1-4,7,9-13,15-16,23H,6,14,17H2,(H,25,27). The zero-order valence-electron chi connectivity index (χ0n) is 15.8. The highest BCUT2D eigenvalue weighted by Crippen LogP contribution is 2.44. The van der Waals surface area contributed by atoms with Gasteiger partial charge in [-0.25, -0.2) is 4.79 Å². The summed E-state index contributed by atoms with van der Waals surface area (Å²) < 4.78 is 6.18.